The lowest BCUT2D eigenvalue weighted by atomic mass is 10.2. The number of hydrogen-bond acceptors (Lipinski definition) is 5. The summed E-state index contributed by atoms with van der Waals surface area (Å²) in [6.07, 6.45) is 3.46. The van der Waals surface area contributed by atoms with E-state index in [2.05, 4.69) is 6.92 Å². The largest absolute Gasteiger partial charge is 0.472 e. The minimum Gasteiger partial charge on any atom is -0.388 e. The average molecular weight is 342 g/mol. The molecule has 0 aromatic heterocycles. The third-order valence-corrected chi connectivity index (χ3v) is 3.88. The van der Waals surface area contributed by atoms with Gasteiger partial charge in [0.05, 0.1) is 34.4 Å². The van der Waals surface area contributed by atoms with E-state index >= 15 is 0 Å². The van der Waals surface area contributed by atoms with Gasteiger partial charge < -0.3 is 19.2 Å². The Balaban J connectivity index is 3.69. The molecule has 22 heavy (non-hydrogen) atoms. The average Bonchev–Trinajstić information content (AvgIpc) is 2.39. The van der Waals surface area contributed by atoms with Gasteiger partial charge in [-0.1, -0.05) is 26.2 Å². The van der Waals surface area contributed by atoms with Gasteiger partial charge in [0.25, 0.3) is 0 Å². The molecule has 0 aliphatic heterocycles. The first-order valence-electron chi connectivity index (χ1n) is 7.84. The van der Waals surface area contributed by atoms with Crippen molar-refractivity contribution in [3.63, 3.8) is 0 Å². The van der Waals surface area contributed by atoms with Gasteiger partial charge in [-0.05, 0) is 6.42 Å². The predicted molar refractivity (Wildman–Crippen MR) is 85.6 cm³/mol. The lowest BCUT2D eigenvalue weighted by Gasteiger charge is -2.24. The molecular formula is C14H33NO6P+. The first-order valence-corrected chi connectivity index (χ1v) is 9.34. The molecule has 2 atom stereocenters. The normalized spacial score (nSPS) is 16.5. The third-order valence-electron chi connectivity index (χ3n) is 2.90. The Morgan fingerprint density at radius 2 is 1.73 bits per heavy atom. The van der Waals surface area contributed by atoms with Crippen LogP contribution in [0, 0.1) is 0 Å². The molecule has 8 heteroatoms. The molecule has 2 N–H and O–H groups in total. The number of rotatable bonds is 14. The maximum absolute atomic E-state index is 11.6. The summed E-state index contributed by atoms with van der Waals surface area (Å²) >= 11 is 0. The van der Waals surface area contributed by atoms with E-state index in [1.807, 2.05) is 21.1 Å². The van der Waals surface area contributed by atoms with E-state index in [4.69, 9.17) is 13.8 Å². The Morgan fingerprint density at radius 1 is 1.05 bits per heavy atom. The molecule has 2 unspecified atom stereocenters. The van der Waals surface area contributed by atoms with Crippen molar-refractivity contribution in [2.45, 2.75) is 38.7 Å². The summed E-state index contributed by atoms with van der Waals surface area (Å²) < 4.78 is 27.1. The first kappa shape index (κ1) is 22.0. The van der Waals surface area contributed by atoms with E-state index in [1.165, 1.54) is 6.42 Å². The van der Waals surface area contributed by atoms with Crippen molar-refractivity contribution in [2.75, 3.05) is 54.1 Å². The molecule has 134 valence electrons. The summed E-state index contributed by atoms with van der Waals surface area (Å²) in [5.74, 6) is 0. The third kappa shape index (κ3) is 14.9. The molecule has 0 fully saturated rings. The topological polar surface area (TPSA) is 85.2 Å². The summed E-state index contributed by atoms with van der Waals surface area (Å²) in [6, 6.07) is 0. The van der Waals surface area contributed by atoms with Crippen LogP contribution in [0.4, 0.5) is 0 Å². The summed E-state index contributed by atoms with van der Waals surface area (Å²) in [6.45, 7) is 3.21. The van der Waals surface area contributed by atoms with E-state index in [9.17, 15) is 14.6 Å². The fourth-order valence-corrected chi connectivity index (χ4v) is 2.29. The van der Waals surface area contributed by atoms with Crippen LogP contribution in [0.2, 0.25) is 0 Å². The highest BCUT2D eigenvalue weighted by Crippen LogP contribution is 2.43. The maximum Gasteiger partial charge on any atom is 0.472 e. The van der Waals surface area contributed by atoms with E-state index in [0.29, 0.717) is 17.6 Å². The van der Waals surface area contributed by atoms with Gasteiger partial charge in [-0.3, -0.25) is 9.05 Å². The zero-order valence-corrected chi connectivity index (χ0v) is 15.3. The van der Waals surface area contributed by atoms with Gasteiger partial charge in [-0.25, -0.2) is 4.57 Å². The zero-order chi connectivity index (χ0) is 17.1. The molecule has 0 amide bonds. The van der Waals surface area contributed by atoms with Crippen molar-refractivity contribution in [2.24, 2.45) is 0 Å². The van der Waals surface area contributed by atoms with Crippen LogP contribution in [0.5, 0.6) is 0 Å². The molecule has 0 saturated carbocycles. The Bertz CT molecular complexity index is 321. The van der Waals surface area contributed by atoms with Crippen LogP contribution in [-0.2, 0) is 18.3 Å². The molecule has 0 aromatic carbocycles. The molecule has 0 aliphatic rings. The van der Waals surface area contributed by atoms with Gasteiger partial charge in [0.1, 0.15) is 19.3 Å². The van der Waals surface area contributed by atoms with Crippen LogP contribution in [0.25, 0.3) is 0 Å². The van der Waals surface area contributed by atoms with Gasteiger partial charge in [0, 0.05) is 6.61 Å². The second kappa shape index (κ2) is 11.5. The Hall–Kier alpha value is -0.0100. The highest BCUT2D eigenvalue weighted by Gasteiger charge is 2.23. The van der Waals surface area contributed by atoms with Crippen LogP contribution in [0.15, 0.2) is 0 Å². The van der Waals surface area contributed by atoms with Crippen molar-refractivity contribution < 1.29 is 32.8 Å². The van der Waals surface area contributed by atoms with Crippen molar-refractivity contribution >= 4 is 7.82 Å². The van der Waals surface area contributed by atoms with Crippen LogP contribution in [0.3, 0.4) is 0 Å². The van der Waals surface area contributed by atoms with Gasteiger partial charge in [0.2, 0.25) is 0 Å². The molecule has 0 saturated heterocycles. The number of likely N-dealkylation sites (N-methyl/N-ethyl adjacent to an activating group) is 1. The number of aliphatic hydroxyl groups is 1. The van der Waals surface area contributed by atoms with Crippen LogP contribution >= 0.6 is 7.82 Å². The van der Waals surface area contributed by atoms with Crippen molar-refractivity contribution in [3.8, 4) is 0 Å². The fraction of sp³-hybridized carbons (Fsp3) is 1.00. The highest BCUT2D eigenvalue weighted by molar-refractivity contribution is 7.47. The molecular weight excluding hydrogens is 309 g/mol. The van der Waals surface area contributed by atoms with Crippen LogP contribution in [0.1, 0.15) is 32.6 Å². The molecule has 7 nitrogen and oxygen atoms in total. The molecule has 0 radical (unpaired) electrons. The summed E-state index contributed by atoms with van der Waals surface area (Å²) in [5.41, 5.74) is 0. The number of nitrogens with zero attached hydrogens (tertiary/aromatic N) is 1. The monoisotopic (exact) mass is 342 g/mol. The Labute approximate surface area is 134 Å². The standard InChI is InChI=1S/C14H32NO6P/c1-5-6-7-8-10-19-12-14(16)13-21-22(17,18)20-11-9-15(2,3)4/h14,16H,5-13H2,1-4H3/p+1. The number of quaternary nitrogens is 1. The number of hydrogen-bond donors (Lipinski definition) is 2. The van der Waals surface area contributed by atoms with Crippen molar-refractivity contribution in [1.82, 2.24) is 0 Å². The Morgan fingerprint density at radius 3 is 2.32 bits per heavy atom. The minimum atomic E-state index is -4.11. The highest BCUT2D eigenvalue weighted by atomic mass is 31.2. The van der Waals surface area contributed by atoms with Crippen LogP contribution in [-0.4, -0.2) is 74.7 Å². The Kier molecular flexibility index (Phi) is 11.5. The second-order valence-electron chi connectivity index (χ2n) is 6.40. The van der Waals surface area contributed by atoms with E-state index in [1.54, 1.807) is 0 Å². The SMILES string of the molecule is CCCCCCOCC(O)COP(=O)(O)OCC[N+](C)(C)C. The molecule has 0 rings (SSSR count). The van der Waals surface area contributed by atoms with E-state index in [0.717, 1.165) is 19.3 Å². The smallest absolute Gasteiger partial charge is 0.388 e. The zero-order valence-electron chi connectivity index (χ0n) is 14.4. The number of ether oxygens (including phenoxy) is 1. The number of phosphoric acid groups is 1. The summed E-state index contributed by atoms with van der Waals surface area (Å²) in [5, 5.41) is 9.63. The molecule has 0 aliphatic carbocycles. The summed E-state index contributed by atoms with van der Waals surface area (Å²) in [7, 11) is 1.75. The molecule has 0 spiro atoms. The van der Waals surface area contributed by atoms with Gasteiger partial charge in [-0.2, -0.15) is 0 Å². The first-order chi connectivity index (χ1) is 10.2. The fourth-order valence-electron chi connectivity index (χ4n) is 1.55. The molecule has 0 bridgehead atoms. The lowest BCUT2D eigenvalue weighted by molar-refractivity contribution is -0.870. The van der Waals surface area contributed by atoms with Gasteiger partial charge >= 0.3 is 7.82 Å². The van der Waals surface area contributed by atoms with Crippen molar-refractivity contribution in [1.29, 1.82) is 0 Å². The maximum atomic E-state index is 11.6. The van der Waals surface area contributed by atoms with Gasteiger partial charge in [-0.15, -0.1) is 0 Å². The second-order valence-corrected chi connectivity index (χ2v) is 7.85. The van der Waals surface area contributed by atoms with Gasteiger partial charge in [0.15, 0.2) is 0 Å². The molecule has 0 heterocycles. The number of aliphatic hydroxyl groups excluding tert-OH is 1. The van der Waals surface area contributed by atoms with Crippen LogP contribution < -0.4 is 0 Å². The quantitative estimate of drug-likeness (QED) is 0.284. The predicted octanol–water partition coefficient (Wildman–Crippen LogP) is 1.78. The van der Waals surface area contributed by atoms with E-state index < -0.39 is 13.9 Å². The van der Waals surface area contributed by atoms with Crippen molar-refractivity contribution in [3.05, 3.63) is 0 Å². The number of phosphoric ester groups is 1. The number of unbranched alkanes of at least 4 members (excludes halogenated alkanes) is 3. The molecule has 0 aromatic rings. The summed E-state index contributed by atoms with van der Waals surface area (Å²) in [4.78, 5) is 9.48. The van der Waals surface area contributed by atoms with E-state index in [-0.39, 0.29) is 19.8 Å². The minimum absolute atomic E-state index is 0.0883. The lowest BCUT2D eigenvalue weighted by Crippen LogP contribution is -2.37.